The molecule has 1 aromatic rings. The number of amides is 2. The van der Waals surface area contributed by atoms with Crippen molar-refractivity contribution < 1.29 is 9.53 Å². The number of rotatable bonds is 4. The molecule has 5 heteroatoms. The van der Waals surface area contributed by atoms with Crippen LogP contribution in [0.15, 0.2) is 24.3 Å². The predicted molar refractivity (Wildman–Crippen MR) is 75.7 cm³/mol. The minimum Gasteiger partial charge on any atom is -0.494 e. The molecule has 1 saturated heterocycles. The van der Waals surface area contributed by atoms with Gasteiger partial charge in [0.1, 0.15) is 5.75 Å². The Balaban J connectivity index is 1.86. The number of urea groups is 1. The van der Waals surface area contributed by atoms with Crippen LogP contribution in [0.4, 0.5) is 10.5 Å². The highest BCUT2D eigenvalue weighted by Crippen LogP contribution is 2.16. The third kappa shape index (κ3) is 4.13. The normalized spacial score (nSPS) is 15.1. The first-order valence-corrected chi connectivity index (χ1v) is 6.79. The molecule has 1 heterocycles. The van der Waals surface area contributed by atoms with E-state index in [1.165, 1.54) is 0 Å². The maximum absolute atomic E-state index is 12.0. The molecule has 0 unspecified atom stereocenters. The Bertz CT molecular complexity index is 400. The van der Waals surface area contributed by atoms with Crippen LogP contribution in [0, 0.1) is 0 Å². The molecule has 19 heavy (non-hydrogen) atoms. The lowest BCUT2D eigenvalue weighted by Gasteiger charge is -2.27. The second-order valence-corrected chi connectivity index (χ2v) is 4.54. The van der Waals surface area contributed by atoms with Crippen LogP contribution in [-0.4, -0.2) is 43.7 Å². The molecule has 5 nitrogen and oxygen atoms in total. The average Bonchev–Trinajstić information content (AvgIpc) is 2.47. The summed E-state index contributed by atoms with van der Waals surface area (Å²) >= 11 is 0. The molecule has 0 atom stereocenters. The molecule has 0 saturated carbocycles. The Hall–Kier alpha value is -1.75. The fourth-order valence-electron chi connectivity index (χ4n) is 1.92. The SMILES string of the molecule is CCCOc1ccc(NC(=O)N2CCNCC2)cc1. The van der Waals surface area contributed by atoms with Gasteiger partial charge in [0, 0.05) is 31.9 Å². The molecule has 0 aliphatic carbocycles. The third-order valence-corrected chi connectivity index (χ3v) is 2.98. The van der Waals surface area contributed by atoms with Crippen molar-refractivity contribution >= 4 is 11.7 Å². The smallest absolute Gasteiger partial charge is 0.321 e. The van der Waals surface area contributed by atoms with E-state index in [1.807, 2.05) is 29.2 Å². The molecule has 1 aliphatic rings. The van der Waals surface area contributed by atoms with E-state index in [0.29, 0.717) is 6.61 Å². The average molecular weight is 263 g/mol. The summed E-state index contributed by atoms with van der Waals surface area (Å²) in [4.78, 5) is 13.8. The molecular weight excluding hydrogens is 242 g/mol. The van der Waals surface area contributed by atoms with Crippen LogP contribution in [0.1, 0.15) is 13.3 Å². The monoisotopic (exact) mass is 263 g/mol. The van der Waals surface area contributed by atoms with Crippen LogP contribution >= 0.6 is 0 Å². The fraction of sp³-hybridized carbons (Fsp3) is 0.500. The summed E-state index contributed by atoms with van der Waals surface area (Å²) in [5.74, 6) is 0.835. The minimum atomic E-state index is -0.0382. The van der Waals surface area contributed by atoms with Gasteiger partial charge in [-0.25, -0.2) is 4.79 Å². The van der Waals surface area contributed by atoms with Gasteiger partial charge >= 0.3 is 6.03 Å². The zero-order valence-electron chi connectivity index (χ0n) is 11.3. The van der Waals surface area contributed by atoms with Gasteiger partial charge in [0.15, 0.2) is 0 Å². The van der Waals surface area contributed by atoms with Crippen LogP contribution in [0.25, 0.3) is 0 Å². The van der Waals surface area contributed by atoms with Gasteiger partial charge < -0.3 is 20.3 Å². The first-order chi connectivity index (χ1) is 9.29. The Morgan fingerprint density at radius 1 is 1.32 bits per heavy atom. The number of nitrogens with zero attached hydrogens (tertiary/aromatic N) is 1. The van der Waals surface area contributed by atoms with Gasteiger partial charge in [-0.2, -0.15) is 0 Å². The Kier molecular flexibility index (Phi) is 5.03. The standard InChI is InChI=1S/C14H21N3O2/c1-2-11-19-13-5-3-12(4-6-13)16-14(18)17-9-7-15-8-10-17/h3-6,15H,2,7-11H2,1H3,(H,16,18). The highest BCUT2D eigenvalue weighted by Gasteiger charge is 2.15. The van der Waals surface area contributed by atoms with Crippen molar-refractivity contribution in [2.45, 2.75) is 13.3 Å². The Labute approximate surface area is 113 Å². The lowest BCUT2D eigenvalue weighted by Crippen LogP contribution is -2.48. The van der Waals surface area contributed by atoms with Crippen LogP contribution in [-0.2, 0) is 0 Å². The topological polar surface area (TPSA) is 53.6 Å². The first kappa shape index (κ1) is 13.7. The Morgan fingerprint density at radius 3 is 2.63 bits per heavy atom. The first-order valence-electron chi connectivity index (χ1n) is 6.79. The van der Waals surface area contributed by atoms with E-state index in [9.17, 15) is 4.79 Å². The van der Waals surface area contributed by atoms with Crippen molar-refractivity contribution in [3.63, 3.8) is 0 Å². The fourth-order valence-corrected chi connectivity index (χ4v) is 1.92. The van der Waals surface area contributed by atoms with E-state index in [0.717, 1.165) is 44.0 Å². The predicted octanol–water partition coefficient (Wildman–Crippen LogP) is 1.91. The van der Waals surface area contributed by atoms with Crippen molar-refractivity contribution in [2.75, 3.05) is 38.1 Å². The molecule has 1 aromatic carbocycles. The maximum atomic E-state index is 12.0. The minimum absolute atomic E-state index is 0.0382. The van der Waals surface area contributed by atoms with Gasteiger partial charge in [-0.1, -0.05) is 6.92 Å². The summed E-state index contributed by atoms with van der Waals surface area (Å²) in [6.07, 6.45) is 0.988. The summed E-state index contributed by atoms with van der Waals surface area (Å²) in [5.41, 5.74) is 0.799. The summed E-state index contributed by atoms with van der Waals surface area (Å²) in [7, 11) is 0. The summed E-state index contributed by atoms with van der Waals surface area (Å²) < 4.78 is 5.50. The van der Waals surface area contributed by atoms with E-state index >= 15 is 0 Å². The number of anilines is 1. The van der Waals surface area contributed by atoms with E-state index in [1.54, 1.807) is 0 Å². The van der Waals surface area contributed by atoms with Crippen molar-refractivity contribution in [3.05, 3.63) is 24.3 Å². The highest BCUT2D eigenvalue weighted by atomic mass is 16.5. The highest BCUT2D eigenvalue weighted by molar-refractivity contribution is 5.89. The number of carbonyl (C=O) groups excluding carboxylic acids is 1. The lowest BCUT2D eigenvalue weighted by molar-refractivity contribution is 0.204. The number of nitrogens with one attached hydrogen (secondary N) is 2. The second kappa shape index (κ2) is 6.99. The number of piperazine rings is 1. The van der Waals surface area contributed by atoms with E-state index in [2.05, 4.69) is 17.6 Å². The van der Waals surface area contributed by atoms with Crippen molar-refractivity contribution in [3.8, 4) is 5.75 Å². The molecule has 104 valence electrons. The molecule has 1 fully saturated rings. The zero-order valence-corrected chi connectivity index (χ0v) is 11.3. The molecular formula is C14H21N3O2. The lowest BCUT2D eigenvalue weighted by atomic mass is 10.3. The van der Waals surface area contributed by atoms with Gasteiger partial charge in [-0.3, -0.25) is 0 Å². The largest absolute Gasteiger partial charge is 0.494 e. The van der Waals surface area contributed by atoms with Crippen LogP contribution in [0.5, 0.6) is 5.75 Å². The van der Waals surface area contributed by atoms with Gasteiger partial charge in [0.2, 0.25) is 0 Å². The van der Waals surface area contributed by atoms with Crippen LogP contribution in [0.2, 0.25) is 0 Å². The molecule has 2 N–H and O–H groups in total. The van der Waals surface area contributed by atoms with Crippen molar-refractivity contribution in [1.29, 1.82) is 0 Å². The molecule has 0 aromatic heterocycles. The molecule has 0 bridgehead atoms. The summed E-state index contributed by atoms with van der Waals surface area (Å²) in [6, 6.07) is 7.45. The third-order valence-electron chi connectivity index (χ3n) is 2.98. The number of hydrogen-bond donors (Lipinski definition) is 2. The van der Waals surface area contributed by atoms with E-state index in [4.69, 9.17) is 4.74 Å². The Morgan fingerprint density at radius 2 is 2.00 bits per heavy atom. The quantitative estimate of drug-likeness (QED) is 0.872. The summed E-state index contributed by atoms with van der Waals surface area (Å²) in [5, 5.41) is 6.12. The van der Waals surface area contributed by atoms with Crippen LogP contribution in [0.3, 0.4) is 0 Å². The number of ether oxygens (including phenoxy) is 1. The van der Waals surface area contributed by atoms with E-state index in [-0.39, 0.29) is 6.03 Å². The van der Waals surface area contributed by atoms with Crippen LogP contribution < -0.4 is 15.4 Å². The number of benzene rings is 1. The molecule has 2 rings (SSSR count). The molecule has 2 amide bonds. The molecule has 1 aliphatic heterocycles. The second-order valence-electron chi connectivity index (χ2n) is 4.54. The van der Waals surface area contributed by atoms with E-state index < -0.39 is 0 Å². The van der Waals surface area contributed by atoms with Crippen molar-refractivity contribution in [1.82, 2.24) is 10.2 Å². The summed E-state index contributed by atoms with van der Waals surface area (Å²) in [6.45, 7) is 6.01. The molecule has 0 radical (unpaired) electrons. The van der Waals surface area contributed by atoms with Gasteiger partial charge in [-0.05, 0) is 30.7 Å². The molecule has 0 spiro atoms. The van der Waals surface area contributed by atoms with Crippen molar-refractivity contribution in [2.24, 2.45) is 0 Å². The van der Waals surface area contributed by atoms with Gasteiger partial charge in [0.25, 0.3) is 0 Å². The number of hydrogen-bond acceptors (Lipinski definition) is 3. The maximum Gasteiger partial charge on any atom is 0.321 e. The number of carbonyl (C=O) groups is 1. The van der Waals surface area contributed by atoms with Gasteiger partial charge in [-0.15, -0.1) is 0 Å². The van der Waals surface area contributed by atoms with Gasteiger partial charge in [0.05, 0.1) is 6.61 Å². The zero-order chi connectivity index (χ0) is 13.5.